The number of carbonyl (C=O) groups is 2. The molecule has 0 N–H and O–H groups in total. The summed E-state index contributed by atoms with van der Waals surface area (Å²) in [5, 5.41) is 3.14. The van der Waals surface area contributed by atoms with Crippen molar-refractivity contribution in [2.24, 2.45) is 0 Å². The van der Waals surface area contributed by atoms with E-state index < -0.39 is 25.7 Å². The molecule has 0 aromatic heterocycles. The SMILES string of the molecule is CCC[CH2][Ge]([CH2]CCC)([CH2]CCC)[O]C(=O)C(OC(C)=O)c1ccccc1. The topological polar surface area (TPSA) is 52.6 Å². The van der Waals surface area contributed by atoms with Crippen LogP contribution in [0.25, 0.3) is 0 Å². The summed E-state index contributed by atoms with van der Waals surface area (Å²) in [5.74, 6) is -0.839. The molecule has 1 rings (SSSR count). The Labute approximate surface area is 167 Å². The fourth-order valence-electron chi connectivity index (χ4n) is 3.34. The van der Waals surface area contributed by atoms with E-state index in [0.717, 1.165) is 54.3 Å². The van der Waals surface area contributed by atoms with Crippen molar-refractivity contribution < 1.29 is 18.1 Å². The number of ether oxygens (including phenoxy) is 1. The van der Waals surface area contributed by atoms with Gasteiger partial charge < -0.3 is 0 Å². The van der Waals surface area contributed by atoms with Gasteiger partial charge in [0.1, 0.15) is 0 Å². The van der Waals surface area contributed by atoms with Gasteiger partial charge >= 0.3 is 168 Å². The average Bonchev–Trinajstić information content (AvgIpc) is 2.67. The van der Waals surface area contributed by atoms with Crippen LogP contribution in [0.2, 0.25) is 15.8 Å². The Kier molecular flexibility index (Phi) is 11.4. The van der Waals surface area contributed by atoms with E-state index in [4.69, 9.17) is 8.50 Å². The summed E-state index contributed by atoms with van der Waals surface area (Å²) < 4.78 is 11.7. The molecule has 152 valence electrons. The molecule has 1 unspecified atom stereocenters. The molecule has 0 aliphatic rings. The number of benzene rings is 1. The minimum atomic E-state index is -2.82. The van der Waals surface area contributed by atoms with E-state index in [-0.39, 0.29) is 5.97 Å². The molecular weight excluding hydrogens is 401 g/mol. The Morgan fingerprint density at radius 3 is 1.78 bits per heavy atom. The predicted octanol–water partition coefficient (Wildman–Crippen LogP) is 6.18. The van der Waals surface area contributed by atoms with Crippen LogP contribution >= 0.6 is 0 Å². The summed E-state index contributed by atoms with van der Waals surface area (Å²) in [6, 6.07) is 9.20. The third-order valence-corrected chi connectivity index (χ3v) is 14.2. The standard InChI is InChI=1S/C22H36GeO4/c1-5-8-16-23(17-9-6-2,18-10-7-3)27-22(25)21(26-19(4)24)20-14-12-11-13-15-20/h11-15,21H,5-10,16-18H2,1-4H3. The third kappa shape index (κ3) is 8.50. The van der Waals surface area contributed by atoms with Crippen LogP contribution in [0, 0.1) is 0 Å². The zero-order valence-electron chi connectivity index (χ0n) is 17.5. The van der Waals surface area contributed by atoms with Crippen LogP contribution < -0.4 is 0 Å². The van der Waals surface area contributed by atoms with E-state index in [9.17, 15) is 9.59 Å². The van der Waals surface area contributed by atoms with Crippen molar-refractivity contribution in [3.05, 3.63) is 35.9 Å². The van der Waals surface area contributed by atoms with Crippen molar-refractivity contribution >= 4 is 25.5 Å². The van der Waals surface area contributed by atoms with E-state index in [1.807, 2.05) is 30.3 Å². The number of hydrogen-bond acceptors (Lipinski definition) is 4. The maximum absolute atomic E-state index is 13.1. The summed E-state index contributed by atoms with van der Waals surface area (Å²) in [6.07, 6.45) is 5.66. The average molecular weight is 437 g/mol. The zero-order valence-corrected chi connectivity index (χ0v) is 19.6. The quantitative estimate of drug-likeness (QED) is 0.273. The van der Waals surface area contributed by atoms with Gasteiger partial charge in [0.15, 0.2) is 0 Å². The van der Waals surface area contributed by atoms with Gasteiger partial charge in [-0.15, -0.1) is 0 Å². The molecule has 0 radical (unpaired) electrons. The molecule has 4 nitrogen and oxygen atoms in total. The van der Waals surface area contributed by atoms with Crippen molar-refractivity contribution in [1.29, 1.82) is 0 Å². The van der Waals surface area contributed by atoms with Crippen molar-refractivity contribution in [2.45, 2.75) is 88.1 Å². The van der Waals surface area contributed by atoms with Crippen molar-refractivity contribution in [3.63, 3.8) is 0 Å². The second kappa shape index (κ2) is 13.0. The number of unbranched alkanes of at least 4 members (excludes halogenated alkanes) is 3. The molecular formula is C22H36GeO4. The third-order valence-electron chi connectivity index (χ3n) is 4.88. The molecule has 1 aromatic rings. The monoisotopic (exact) mass is 438 g/mol. The maximum atomic E-state index is 13.1. The molecule has 1 atom stereocenters. The molecule has 0 saturated heterocycles. The molecule has 0 amide bonds. The Morgan fingerprint density at radius 1 is 0.889 bits per heavy atom. The van der Waals surface area contributed by atoms with Crippen LogP contribution in [0.5, 0.6) is 0 Å². The number of esters is 1. The van der Waals surface area contributed by atoms with Gasteiger partial charge in [-0.05, 0) is 0 Å². The van der Waals surface area contributed by atoms with E-state index in [1.165, 1.54) is 6.92 Å². The minimum absolute atomic E-state index is 0.375. The van der Waals surface area contributed by atoms with Crippen LogP contribution in [0.1, 0.15) is 77.9 Å². The fourth-order valence-corrected chi connectivity index (χ4v) is 13.0. The summed E-state index contributed by atoms with van der Waals surface area (Å²) in [7, 11) is 0. The summed E-state index contributed by atoms with van der Waals surface area (Å²) in [5.41, 5.74) is 0.676. The van der Waals surface area contributed by atoms with Gasteiger partial charge in [-0.1, -0.05) is 0 Å². The number of hydrogen-bond donors (Lipinski definition) is 0. The van der Waals surface area contributed by atoms with E-state index >= 15 is 0 Å². The fraction of sp³-hybridized carbons (Fsp3) is 0.636. The van der Waals surface area contributed by atoms with Crippen molar-refractivity contribution in [1.82, 2.24) is 0 Å². The first-order valence-electron chi connectivity index (χ1n) is 10.4. The van der Waals surface area contributed by atoms with Crippen LogP contribution in [0.15, 0.2) is 30.3 Å². The molecule has 0 saturated carbocycles. The molecule has 27 heavy (non-hydrogen) atoms. The van der Waals surface area contributed by atoms with Gasteiger partial charge in [0, 0.05) is 0 Å². The molecule has 5 heteroatoms. The normalized spacial score (nSPS) is 12.4. The Balaban J connectivity index is 3.08. The van der Waals surface area contributed by atoms with Crippen LogP contribution in [0.4, 0.5) is 0 Å². The molecule has 0 spiro atoms. The van der Waals surface area contributed by atoms with Gasteiger partial charge in [-0.2, -0.15) is 0 Å². The van der Waals surface area contributed by atoms with E-state index in [1.54, 1.807) is 0 Å². The number of carbonyl (C=O) groups excluding carboxylic acids is 2. The van der Waals surface area contributed by atoms with Gasteiger partial charge in [0.25, 0.3) is 0 Å². The summed E-state index contributed by atoms with van der Waals surface area (Å²) in [6.45, 7) is 7.88. The van der Waals surface area contributed by atoms with Gasteiger partial charge in [-0.3, -0.25) is 0 Å². The first kappa shape index (κ1) is 23.7. The molecule has 0 aliphatic carbocycles. The first-order chi connectivity index (χ1) is 13.0. The summed E-state index contributed by atoms with van der Waals surface area (Å²) >= 11 is -2.82. The van der Waals surface area contributed by atoms with Gasteiger partial charge in [0.05, 0.1) is 0 Å². The Hall–Kier alpha value is -1.30. The molecule has 0 bridgehead atoms. The van der Waals surface area contributed by atoms with Gasteiger partial charge in [0.2, 0.25) is 0 Å². The molecule has 0 aliphatic heterocycles. The van der Waals surface area contributed by atoms with Gasteiger partial charge in [-0.25, -0.2) is 0 Å². The number of rotatable bonds is 13. The van der Waals surface area contributed by atoms with E-state index in [2.05, 4.69) is 20.8 Å². The second-order valence-electron chi connectivity index (χ2n) is 7.31. The predicted molar refractivity (Wildman–Crippen MR) is 112 cm³/mol. The first-order valence-corrected chi connectivity index (χ1v) is 15.7. The van der Waals surface area contributed by atoms with E-state index in [0.29, 0.717) is 5.56 Å². The molecule has 0 heterocycles. The Morgan fingerprint density at radius 2 is 1.37 bits per heavy atom. The molecule has 1 aromatic carbocycles. The second-order valence-corrected chi connectivity index (χ2v) is 15.9. The Bertz CT molecular complexity index is 537. The van der Waals surface area contributed by atoms with Crippen molar-refractivity contribution in [2.75, 3.05) is 0 Å². The van der Waals surface area contributed by atoms with Crippen LogP contribution in [-0.4, -0.2) is 25.5 Å². The van der Waals surface area contributed by atoms with Crippen LogP contribution in [-0.2, 0) is 18.1 Å². The van der Waals surface area contributed by atoms with Crippen LogP contribution in [0.3, 0.4) is 0 Å². The molecule has 0 fully saturated rings. The summed E-state index contributed by atoms with van der Waals surface area (Å²) in [4.78, 5) is 24.7. The zero-order chi connectivity index (χ0) is 20.1. The van der Waals surface area contributed by atoms with Crippen molar-refractivity contribution in [3.8, 4) is 0 Å².